The number of nitrogens with zero attached hydrogens (tertiary/aromatic N) is 1. The molecule has 1 saturated carbocycles. The van der Waals surface area contributed by atoms with Crippen LogP contribution < -0.4 is 5.73 Å². The third-order valence-corrected chi connectivity index (χ3v) is 4.39. The van der Waals surface area contributed by atoms with Crippen molar-refractivity contribution < 1.29 is 4.79 Å². The minimum Gasteiger partial charge on any atom is -0.338 e. The van der Waals surface area contributed by atoms with Gasteiger partial charge in [0.2, 0.25) is 0 Å². The molecule has 0 heterocycles. The van der Waals surface area contributed by atoms with Gasteiger partial charge in [-0.25, -0.2) is 0 Å². The summed E-state index contributed by atoms with van der Waals surface area (Å²) in [4.78, 5) is 14.2. The zero-order valence-electron chi connectivity index (χ0n) is 11.8. The maximum Gasteiger partial charge on any atom is 0.253 e. The molecule has 1 atom stereocenters. The lowest BCUT2D eigenvalue weighted by molar-refractivity contribution is 0.0684. The van der Waals surface area contributed by atoms with Crippen molar-refractivity contribution >= 4 is 18.3 Å². The Labute approximate surface area is 121 Å². The molecule has 1 unspecified atom stereocenters. The lowest BCUT2D eigenvalue weighted by Gasteiger charge is -2.30. The largest absolute Gasteiger partial charge is 0.338 e. The summed E-state index contributed by atoms with van der Waals surface area (Å²) >= 11 is 0. The standard InChI is InChI=1S/C15H22N2O.ClH/c1-11(15(2)8-9-15)17(3)14(18)13-6-4-12(10-16)5-7-13;/h4-7,11H,8-10,16H2,1-3H3;1H. The van der Waals surface area contributed by atoms with Gasteiger partial charge in [0.05, 0.1) is 0 Å². The van der Waals surface area contributed by atoms with Crippen LogP contribution in [0.3, 0.4) is 0 Å². The highest BCUT2D eigenvalue weighted by atomic mass is 35.5. The van der Waals surface area contributed by atoms with Gasteiger partial charge >= 0.3 is 0 Å². The summed E-state index contributed by atoms with van der Waals surface area (Å²) in [5, 5.41) is 0. The third kappa shape index (κ3) is 3.28. The molecule has 4 heteroatoms. The van der Waals surface area contributed by atoms with Crippen LogP contribution in [-0.4, -0.2) is 23.9 Å². The maximum absolute atomic E-state index is 12.4. The topological polar surface area (TPSA) is 46.3 Å². The van der Waals surface area contributed by atoms with Crippen LogP contribution in [0.15, 0.2) is 24.3 Å². The van der Waals surface area contributed by atoms with E-state index in [1.54, 1.807) is 0 Å². The van der Waals surface area contributed by atoms with Gasteiger partial charge in [0.15, 0.2) is 0 Å². The highest BCUT2D eigenvalue weighted by Crippen LogP contribution is 2.49. The van der Waals surface area contributed by atoms with E-state index in [-0.39, 0.29) is 18.3 Å². The van der Waals surface area contributed by atoms with Gasteiger partial charge in [0.25, 0.3) is 5.91 Å². The van der Waals surface area contributed by atoms with Crippen LogP contribution in [0.1, 0.15) is 42.6 Å². The summed E-state index contributed by atoms with van der Waals surface area (Å²) in [6.45, 7) is 4.90. The predicted molar refractivity (Wildman–Crippen MR) is 80.5 cm³/mol. The summed E-state index contributed by atoms with van der Waals surface area (Å²) in [7, 11) is 1.90. The number of carbonyl (C=O) groups excluding carboxylic acids is 1. The zero-order chi connectivity index (χ0) is 13.3. The first-order valence-corrected chi connectivity index (χ1v) is 6.54. The van der Waals surface area contributed by atoms with Gasteiger partial charge in [0.1, 0.15) is 0 Å². The highest BCUT2D eigenvalue weighted by molar-refractivity contribution is 5.94. The number of amides is 1. The monoisotopic (exact) mass is 282 g/mol. The van der Waals surface area contributed by atoms with Crippen LogP contribution in [0.25, 0.3) is 0 Å². The van der Waals surface area contributed by atoms with E-state index in [9.17, 15) is 4.79 Å². The van der Waals surface area contributed by atoms with E-state index in [0.717, 1.165) is 11.1 Å². The van der Waals surface area contributed by atoms with Crippen molar-refractivity contribution in [3.8, 4) is 0 Å². The molecule has 0 spiro atoms. The van der Waals surface area contributed by atoms with E-state index >= 15 is 0 Å². The van der Waals surface area contributed by atoms with Crippen LogP contribution in [0, 0.1) is 5.41 Å². The molecule has 0 bridgehead atoms. The average Bonchev–Trinajstić information content (AvgIpc) is 3.15. The van der Waals surface area contributed by atoms with Crippen LogP contribution in [0.5, 0.6) is 0 Å². The van der Waals surface area contributed by atoms with Gasteiger partial charge in [-0.3, -0.25) is 4.79 Å². The van der Waals surface area contributed by atoms with Crippen molar-refractivity contribution in [2.24, 2.45) is 11.1 Å². The summed E-state index contributed by atoms with van der Waals surface area (Å²) in [5.74, 6) is 0.0965. The Morgan fingerprint density at radius 1 is 1.37 bits per heavy atom. The number of halogens is 1. The first-order valence-electron chi connectivity index (χ1n) is 6.54. The molecule has 1 aliphatic rings. The molecular weight excluding hydrogens is 260 g/mol. The molecule has 1 aromatic carbocycles. The predicted octanol–water partition coefficient (Wildman–Crippen LogP) is 2.83. The Kier molecular flexibility index (Phi) is 4.99. The normalized spacial score (nSPS) is 17.3. The molecule has 0 aliphatic heterocycles. The molecular formula is C15H23ClN2O. The van der Waals surface area contributed by atoms with Crippen LogP contribution in [0.2, 0.25) is 0 Å². The van der Waals surface area contributed by atoms with Crippen molar-refractivity contribution in [2.75, 3.05) is 7.05 Å². The Morgan fingerprint density at radius 2 is 1.89 bits per heavy atom. The minimum atomic E-state index is 0. The molecule has 0 radical (unpaired) electrons. The Bertz CT molecular complexity index is 440. The molecule has 19 heavy (non-hydrogen) atoms. The van der Waals surface area contributed by atoms with Crippen LogP contribution >= 0.6 is 12.4 Å². The van der Waals surface area contributed by atoms with E-state index in [4.69, 9.17) is 5.73 Å². The summed E-state index contributed by atoms with van der Waals surface area (Å²) < 4.78 is 0. The Morgan fingerprint density at radius 3 is 2.32 bits per heavy atom. The molecule has 3 nitrogen and oxygen atoms in total. The smallest absolute Gasteiger partial charge is 0.253 e. The fourth-order valence-corrected chi connectivity index (χ4v) is 2.25. The van der Waals surface area contributed by atoms with Crippen LogP contribution in [0.4, 0.5) is 0 Å². The molecule has 1 amide bonds. The highest BCUT2D eigenvalue weighted by Gasteiger charge is 2.45. The molecule has 1 aromatic rings. The molecule has 0 aromatic heterocycles. The summed E-state index contributed by atoms with van der Waals surface area (Å²) in [6.07, 6.45) is 2.44. The van der Waals surface area contributed by atoms with Gasteiger partial charge in [-0.05, 0) is 42.9 Å². The van der Waals surface area contributed by atoms with E-state index in [0.29, 0.717) is 18.0 Å². The van der Waals surface area contributed by atoms with Gasteiger partial charge in [-0.15, -0.1) is 12.4 Å². The zero-order valence-corrected chi connectivity index (χ0v) is 12.7. The maximum atomic E-state index is 12.4. The quantitative estimate of drug-likeness (QED) is 0.923. The Hall–Kier alpha value is -1.06. The van der Waals surface area contributed by atoms with Crippen LogP contribution in [-0.2, 0) is 6.54 Å². The first kappa shape index (κ1) is 16.0. The second-order valence-corrected chi connectivity index (χ2v) is 5.65. The Balaban J connectivity index is 0.00000180. The number of hydrogen-bond donors (Lipinski definition) is 1. The fraction of sp³-hybridized carbons (Fsp3) is 0.533. The van der Waals surface area contributed by atoms with Crippen molar-refractivity contribution in [3.05, 3.63) is 35.4 Å². The molecule has 2 rings (SSSR count). The minimum absolute atomic E-state index is 0. The van der Waals surface area contributed by atoms with E-state index < -0.39 is 0 Å². The van der Waals surface area contributed by atoms with E-state index in [2.05, 4.69) is 13.8 Å². The molecule has 1 aliphatic carbocycles. The summed E-state index contributed by atoms with van der Waals surface area (Å²) in [6, 6.07) is 7.86. The van der Waals surface area contributed by atoms with Crippen molar-refractivity contribution in [1.82, 2.24) is 4.90 Å². The van der Waals surface area contributed by atoms with E-state index in [1.165, 1.54) is 12.8 Å². The number of nitrogens with two attached hydrogens (primary N) is 1. The number of hydrogen-bond acceptors (Lipinski definition) is 2. The number of benzene rings is 1. The lowest BCUT2D eigenvalue weighted by Crippen LogP contribution is -2.40. The second kappa shape index (κ2) is 5.93. The molecule has 0 saturated heterocycles. The van der Waals surface area contributed by atoms with Crippen molar-refractivity contribution in [3.63, 3.8) is 0 Å². The van der Waals surface area contributed by atoms with Gasteiger partial charge in [-0.1, -0.05) is 19.1 Å². The number of rotatable bonds is 4. The average molecular weight is 283 g/mol. The first-order chi connectivity index (χ1) is 8.48. The number of carbonyl (C=O) groups is 1. The van der Waals surface area contributed by atoms with E-state index in [1.807, 2.05) is 36.2 Å². The molecule has 106 valence electrons. The van der Waals surface area contributed by atoms with Gasteiger partial charge < -0.3 is 10.6 Å². The lowest BCUT2D eigenvalue weighted by atomic mass is 9.98. The van der Waals surface area contributed by atoms with Gasteiger partial charge in [0, 0.05) is 25.2 Å². The third-order valence-electron chi connectivity index (χ3n) is 4.39. The van der Waals surface area contributed by atoms with Gasteiger partial charge in [-0.2, -0.15) is 0 Å². The van der Waals surface area contributed by atoms with Crippen molar-refractivity contribution in [1.29, 1.82) is 0 Å². The summed E-state index contributed by atoms with van der Waals surface area (Å²) in [5.41, 5.74) is 7.67. The second-order valence-electron chi connectivity index (χ2n) is 5.65. The molecule has 2 N–H and O–H groups in total. The fourth-order valence-electron chi connectivity index (χ4n) is 2.25. The SMILES string of the molecule is CC(N(C)C(=O)c1ccc(CN)cc1)C1(C)CC1.Cl. The van der Waals surface area contributed by atoms with Crippen molar-refractivity contribution in [2.45, 2.75) is 39.3 Å². The molecule has 1 fully saturated rings.